The van der Waals surface area contributed by atoms with Gasteiger partial charge in [-0.25, -0.2) is 9.37 Å². The number of halogens is 2. The Bertz CT molecular complexity index is 1660. The first kappa shape index (κ1) is 30.4. The highest BCUT2D eigenvalue weighted by Crippen LogP contribution is 2.34. The number of benzene rings is 2. The standard InChI is InChI=1S/C32H35ClFN5O4/c1-6-43-30(40)15-22-12-13-38(18-27(22)42-5)32(41)26-16-28-35-25(21-10-11-24(34)23(33)14-21)17-29(39(28)36-26)37(4)31-19(2)8-7-9-20(31)3/h7-11,14,16-17,22,27H,6,12-13,15,18H2,1-5H3. The summed E-state index contributed by atoms with van der Waals surface area (Å²) in [6.45, 7) is 6.96. The van der Waals surface area contributed by atoms with Gasteiger partial charge in [-0.2, -0.15) is 9.61 Å². The number of amides is 1. The van der Waals surface area contributed by atoms with Crippen molar-refractivity contribution in [2.24, 2.45) is 5.92 Å². The van der Waals surface area contributed by atoms with Crippen LogP contribution in [0.15, 0.2) is 48.5 Å². The fourth-order valence-electron chi connectivity index (χ4n) is 5.80. The van der Waals surface area contributed by atoms with Crippen molar-refractivity contribution in [1.82, 2.24) is 19.5 Å². The molecule has 1 amide bonds. The average molecular weight is 608 g/mol. The number of aryl methyl sites for hydroxylation is 2. The molecular formula is C32H35ClFN5O4. The lowest BCUT2D eigenvalue weighted by Gasteiger charge is -2.37. The predicted octanol–water partition coefficient (Wildman–Crippen LogP) is 6.00. The number of aromatic nitrogens is 3. The molecule has 2 atom stereocenters. The first-order valence-corrected chi connectivity index (χ1v) is 14.6. The Morgan fingerprint density at radius 2 is 1.88 bits per heavy atom. The summed E-state index contributed by atoms with van der Waals surface area (Å²) < 4.78 is 26.4. The molecule has 4 aromatic rings. The van der Waals surface area contributed by atoms with Gasteiger partial charge in [-0.05, 0) is 62.4 Å². The van der Waals surface area contributed by atoms with E-state index in [0.717, 1.165) is 16.8 Å². The van der Waals surface area contributed by atoms with Crippen LogP contribution in [0.25, 0.3) is 16.9 Å². The number of carbonyl (C=O) groups excluding carboxylic acids is 2. The number of esters is 1. The van der Waals surface area contributed by atoms with Crippen LogP contribution in [0.4, 0.5) is 15.9 Å². The second kappa shape index (κ2) is 12.7. The second-order valence-corrected chi connectivity index (χ2v) is 11.2. The topological polar surface area (TPSA) is 89.3 Å². The Morgan fingerprint density at radius 3 is 2.56 bits per heavy atom. The van der Waals surface area contributed by atoms with Gasteiger partial charge in [0.25, 0.3) is 5.91 Å². The van der Waals surface area contributed by atoms with Crippen LogP contribution in [-0.2, 0) is 14.3 Å². The molecular weight excluding hydrogens is 573 g/mol. The summed E-state index contributed by atoms with van der Waals surface area (Å²) in [5.74, 6) is -0.413. The van der Waals surface area contributed by atoms with Gasteiger partial charge in [0.1, 0.15) is 11.6 Å². The molecule has 0 aliphatic carbocycles. The molecule has 9 nitrogen and oxygen atoms in total. The molecule has 0 radical (unpaired) electrons. The quantitative estimate of drug-likeness (QED) is 0.227. The molecule has 2 aromatic heterocycles. The second-order valence-electron chi connectivity index (χ2n) is 10.8. The summed E-state index contributed by atoms with van der Waals surface area (Å²) in [6.07, 6.45) is 0.541. The van der Waals surface area contributed by atoms with Gasteiger partial charge in [0.2, 0.25) is 0 Å². The van der Waals surface area contributed by atoms with Crippen molar-refractivity contribution in [3.63, 3.8) is 0 Å². The third kappa shape index (κ3) is 6.21. The number of ether oxygens (including phenoxy) is 2. The number of carbonyl (C=O) groups is 2. The summed E-state index contributed by atoms with van der Waals surface area (Å²) in [4.78, 5) is 34.4. The number of piperidine rings is 1. The molecule has 1 saturated heterocycles. The van der Waals surface area contributed by atoms with Gasteiger partial charge in [0.15, 0.2) is 11.3 Å². The molecule has 5 rings (SSSR count). The monoisotopic (exact) mass is 607 g/mol. The van der Waals surface area contributed by atoms with Gasteiger partial charge in [0, 0.05) is 50.6 Å². The zero-order chi connectivity index (χ0) is 30.8. The third-order valence-electron chi connectivity index (χ3n) is 7.98. The molecule has 1 aliphatic rings. The molecule has 0 spiro atoms. The highest BCUT2D eigenvalue weighted by atomic mass is 35.5. The molecule has 0 saturated carbocycles. The van der Waals surface area contributed by atoms with Crippen molar-refractivity contribution in [2.45, 2.75) is 39.7 Å². The zero-order valence-electron chi connectivity index (χ0n) is 24.9. The molecule has 2 unspecified atom stereocenters. The van der Waals surface area contributed by atoms with E-state index < -0.39 is 5.82 Å². The highest BCUT2D eigenvalue weighted by molar-refractivity contribution is 6.31. The minimum atomic E-state index is -0.517. The Hall–Kier alpha value is -4.02. The van der Waals surface area contributed by atoms with Crippen LogP contribution in [0.3, 0.4) is 0 Å². The molecule has 3 heterocycles. The first-order chi connectivity index (χ1) is 20.6. The number of rotatable bonds is 8. The number of anilines is 2. The highest BCUT2D eigenvalue weighted by Gasteiger charge is 2.34. The maximum atomic E-state index is 14.0. The molecule has 0 bridgehead atoms. The molecule has 226 valence electrons. The summed E-state index contributed by atoms with van der Waals surface area (Å²) in [7, 11) is 3.52. The summed E-state index contributed by atoms with van der Waals surface area (Å²) in [6, 6.07) is 14.0. The third-order valence-corrected chi connectivity index (χ3v) is 8.27. The lowest BCUT2D eigenvalue weighted by atomic mass is 9.90. The fraction of sp³-hybridized carbons (Fsp3) is 0.375. The predicted molar refractivity (Wildman–Crippen MR) is 163 cm³/mol. The number of nitrogens with zero attached hydrogens (tertiary/aromatic N) is 5. The van der Waals surface area contributed by atoms with E-state index in [1.807, 2.05) is 50.1 Å². The molecule has 11 heteroatoms. The van der Waals surface area contributed by atoms with E-state index >= 15 is 0 Å². The molecule has 2 aromatic carbocycles. The van der Waals surface area contributed by atoms with E-state index in [0.29, 0.717) is 48.8 Å². The fourth-order valence-corrected chi connectivity index (χ4v) is 5.98. The normalized spacial score (nSPS) is 16.9. The Balaban J connectivity index is 1.53. The van der Waals surface area contributed by atoms with E-state index in [9.17, 15) is 14.0 Å². The summed E-state index contributed by atoms with van der Waals surface area (Å²) >= 11 is 6.11. The number of hydrogen-bond donors (Lipinski definition) is 0. The SMILES string of the molecule is CCOC(=O)CC1CCN(C(=O)c2cc3nc(-c4ccc(F)c(Cl)c4)cc(N(C)c4c(C)cccc4C)n3n2)CC1OC. The number of likely N-dealkylation sites (tertiary alicyclic amines) is 1. The van der Waals surface area contributed by atoms with Gasteiger partial charge < -0.3 is 19.3 Å². The summed E-state index contributed by atoms with van der Waals surface area (Å²) in [5, 5.41) is 4.72. The molecule has 0 N–H and O–H groups in total. The van der Waals surface area contributed by atoms with Crippen molar-refractivity contribution in [2.75, 3.05) is 38.8 Å². The Labute approximate surface area is 255 Å². The van der Waals surface area contributed by atoms with Crippen molar-refractivity contribution in [3.05, 3.63) is 76.2 Å². The minimum absolute atomic E-state index is 0.00717. The van der Waals surface area contributed by atoms with E-state index in [-0.39, 0.29) is 41.0 Å². The van der Waals surface area contributed by atoms with Gasteiger partial charge in [-0.15, -0.1) is 0 Å². The van der Waals surface area contributed by atoms with E-state index in [2.05, 4.69) is 0 Å². The van der Waals surface area contributed by atoms with E-state index in [1.165, 1.54) is 12.1 Å². The van der Waals surface area contributed by atoms with Crippen molar-refractivity contribution in [1.29, 1.82) is 0 Å². The average Bonchev–Trinajstić information content (AvgIpc) is 3.42. The molecule has 43 heavy (non-hydrogen) atoms. The minimum Gasteiger partial charge on any atom is -0.466 e. The van der Waals surface area contributed by atoms with Crippen LogP contribution >= 0.6 is 11.6 Å². The maximum absolute atomic E-state index is 14.0. The molecule has 1 aliphatic heterocycles. The molecule has 1 fully saturated rings. The number of para-hydroxylation sites is 1. The smallest absolute Gasteiger partial charge is 0.306 e. The van der Waals surface area contributed by atoms with Crippen LogP contribution in [0.1, 0.15) is 41.4 Å². The maximum Gasteiger partial charge on any atom is 0.306 e. The van der Waals surface area contributed by atoms with Crippen LogP contribution in [-0.4, -0.2) is 71.3 Å². The van der Waals surface area contributed by atoms with Crippen LogP contribution in [0.5, 0.6) is 0 Å². The van der Waals surface area contributed by atoms with Gasteiger partial charge in [-0.1, -0.05) is 29.8 Å². The van der Waals surface area contributed by atoms with E-state index in [1.54, 1.807) is 35.6 Å². The van der Waals surface area contributed by atoms with Gasteiger partial charge in [-0.3, -0.25) is 9.59 Å². The lowest BCUT2D eigenvalue weighted by Crippen LogP contribution is -2.48. The van der Waals surface area contributed by atoms with Crippen LogP contribution in [0, 0.1) is 25.6 Å². The number of fused-ring (bicyclic) bond motifs is 1. The summed E-state index contributed by atoms with van der Waals surface area (Å²) in [5.41, 5.74) is 5.00. The van der Waals surface area contributed by atoms with Crippen LogP contribution < -0.4 is 4.90 Å². The van der Waals surface area contributed by atoms with Gasteiger partial charge in [0.05, 0.1) is 29.8 Å². The Kier molecular flexibility index (Phi) is 8.98. The number of hydrogen-bond acceptors (Lipinski definition) is 7. The first-order valence-electron chi connectivity index (χ1n) is 14.2. The van der Waals surface area contributed by atoms with Crippen molar-refractivity contribution >= 4 is 40.6 Å². The lowest BCUT2D eigenvalue weighted by molar-refractivity contribution is -0.146. The Morgan fingerprint density at radius 1 is 1.14 bits per heavy atom. The largest absolute Gasteiger partial charge is 0.466 e. The van der Waals surface area contributed by atoms with Crippen molar-refractivity contribution in [3.8, 4) is 11.3 Å². The zero-order valence-corrected chi connectivity index (χ0v) is 25.7. The van der Waals surface area contributed by atoms with Gasteiger partial charge >= 0.3 is 5.97 Å². The number of methoxy groups -OCH3 is 1. The van der Waals surface area contributed by atoms with E-state index in [4.69, 9.17) is 31.2 Å². The van der Waals surface area contributed by atoms with Crippen molar-refractivity contribution < 1.29 is 23.5 Å². The van der Waals surface area contributed by atoms with Crippen LogP contribution in [0.2, 0.25) is 5.02 Å².